The number of hydrogen-bond acceptors (Lipinski definition) is 7. The fourth-order valence-electron chi connectivity index (χ4n) is 2.97. The van der Waals surface area contributed by atoms with E-state index in [4.69, 9.17) is 14.2 Å². The largest absolute Gasteiger partial charge is 0.481 e. The average Bonchev–Trinajstić information content (AvgIpc) is 3.03. The fraction of sp³-hybridized carbons (Fsp3) is 0.261. The number of aryl methyl sites for hydroxylation is 1. The van der Waals surface area contributed by atoms with Crippen molar-refractivity contribution >= 4 is 45.0 Å². The first-order chi connectivity index (χ1) is 14.9. The van der Waals surface area contributed by atoms with E-state index in [-0.39, 0.29) is 13.2 Å². The molecule has 0 fully saturated rings. The second kappa shape index (κ2) is 10.1. The van der Waals surface area contributed by atoms with Crippen LogP contribution in [-0.4, -0.2) is 37.7 Å². The second-order valence-electron chi connectivity index (χ2n) is 6.68. The molecule has 0 aliphatic rings. The molecule has 0 radical (unpaired) electrons. The minimum atomic E-state index is -0.674. The van der Waals surface area contributed by atoms with E-state index in [1.807, 2.05) is 43.3 Å². The third-order valence-corrected chi connectivity index (χ3v) is 5.70. The second-order valence-corrected chi connectivity index (χ2v) is 7.91. The van der Waals surface area contributed by atoms with Crippen LogP contribution in [0.5, 0.6) is 5.75 Å². The minimum Gasteiger partial charge on any atom is -0.481 e. The number of thiophene rings is 1. The van der Waals surface area contributed by atoms with Gasteiger partial charge in [0.25, 0.3) is 5.91 Å². The molecule has 0 bridgehead atoms. The molecule has 1 heterocycles. The molecule has 1 N–H and O–H groups in total. The zero-order valence-electron chi connectivity index (χ0n) is 17.5. The Kier molecular flexibility index (Phi) is 7.25. The van der Waals surface area contributed by atoms with Crippen LogP contribution in [0.1, 0.15) is 27.7 Å². The van der Waals surface area contributed by atoms with Crippen LogP contribution in [0.15, 0.2) is 42.5 Å². The highest BCUT2D eigenvalue weighted by molar-refractivity contribution is 7.16. The summed E-state index contributed by atoms with van der Waals surface area (Å²) in [4.78, 5) is 37.4. The molecule has 0 saturated heterocycles. The number of carbonyl (C=O) groups excluding carboxylic acids is 3. The number of ether oxygens (including phenoxy) is 3. The molecule has 0 atom stereocenters. The van der Waals surface area contributed by atoms with Crippen molar-refractivity contribution in [2.24, 2.45) is 0 Å². The van der Waals surface area contributed by atoms with Gasteiger partial charge in [-0.1, -0.05) is 36.4 Å². The Hall–Kier alpha value is -3.39. The lowest BCUT2D eigenvalue weighted by atomic mass is 10.1. The highest BCUT2D eigenvalue weighted by Crippen LogP contribution is 2.33. The third kappa shape index (κ3) is 5.40. The van der Waals surface area contributed by atoms with Crippen molar-refractivity contribution < 1.29 is 28.6 Å². The Morgan fingerprint density at radius 2 is 1.71 bits per heavy atom. The SMILES string of the molecule is CCOC(=O)c1c(NC(=O)COC(=O)COc2cccc3ccccc23)sc(C)c1C. The number of nitrogens with one attached hydrogen (secondary N) is 1. The molecule has 3 aromatic rings. The molecule has 162 valence electrons. The lowest BCUT2D eigenvalue weighted by molar-refractivity contribution is -0.149. The van der Waals surface area contributed by atoms with Crippen LogP contribution in [0.3, 0.4) is 0 Å². The molecule has 0 aliphatic carbocycles. The van der Waals surface area contributed by atoms with E-state index in [2.05, 4.69) is 5.32 Å². The van der Waals surface area contributed by atoms with Gasteiger partial charge < -0.3 is 19.5 Å². The number of hydrogen-bond donors (Lipinski definition) is 1. The molecule has 0 aliphatic heterocycles. The van der Waals surface area contributed by atoms with Gasteiger partial charge in [0.2, 0.25) is 0 Å². The van der Waals surface area contributed by atoms with Gasteiger partial charge in [-0.05, 0) is 37.8 Å². The van der Waals surface area contributed by atoms with Crippen molar-refractivity contribution in [2.75, 3.05) is 25.1 Å². The summed E-state index contributed by atoms with van der Waals surface area (Å²) < 4.78 is 15.6. The minimum absolute atomic E-state index is 0.231. The van der Waals surface area contributed by atoms with Crippen LogP contribution < -0.4 is 10.1 Å². The normalized spacial score (nSPS) is 10.5. The summed E-state index contributed by atoms with van der Waals surface area (Å²) in [5.74, 6) is -1.17. The predicted molar refractivity (Wildman–Crippen MR) is 119 cm³/mol. The lowest BCUT2D eigenvalue weighted by Crippen LogP contribution is -2.24. The van der Waals surface area contributed by atoms with Crippen molar-refractivity contribution in [3.63, 3.8) is 0 Å². The monoisotopic (exact) mass is 441 g/mol. The maximum absolute atomic E-state index is 12.2. The van der Waals surface area contributed by atoms with E-state index in [1.165, 1.54) is 11.3 Å². The van der Waals surface area contributed by atoms with Crippen LogP contribution in [0.2, 0.25) is 0 Å². The van der Waals surface area contributed by atoms with E-state index in [1.54, 1.807) is 19.9 Å². The van der Waals surface area contributed by atoms with Gasteiger partial charge in [-0.15, -0.1) is 11.3 Å². The molecular formula is C23H23NO6S. The first kappa shape index (κ1) is 22.3. The standard InChI is InChI=1S/C23H23NO6S/c1-4-28-23(27)21-14(2)15(3)31-22(21)24-19(25)12-30-20(26)13-29-18-11-7-9-16-8-5-6-10-17(16)18/h5-11H,4,12-13H2,1-3H3,(H,24,25). The van der Waals surface area contributed by atoms with Gasteiger partial charge in [-0.2, -0.15) is 0 Å². The molecule has 0 unspecified atom stereocenters. The quantitative estimate of drug-likeness (QED) is 0.526. The van der Waals surface area contributed by atoms with Gasteiger partial charge in [0.05, 0.1) is 12.2 Å². The first-order valence-corrected chi connectivity index (χ1v) is 10.6. The summed E-state index contributed by atoms with van der Waals surface area (Å²) in [5.41, 5.74) is 1.07. The molecule has 3 rings (SSSR count). The van der Waals surface area contributed by atoms with E-state index >= 15 is 0 Å². The molecule has 0 saturated carbocycles. The molecule has 7 nitrogen and oxygen atoms in total. The lowest BCUT2D eigenvalue weighted by Gasteiger charge is -2.10. The van der Waals surface area contributed by atoms with Crippen LogP contribution in [-0.2, 0) is 19.1 Å². The van der Waals surface area contributed by atoms with Crippen molar-refractivity contribution in [3.8, 4) is 5.75 Å². The maximum Gasteiger partial charge on any atom is 0.344 e. The van der Waals surface area contributed by atoms with Crippen molar-refractivity contribution in [1.29, 1.82) is 0 Å². The Morgan fingerprint density at radius 3 is 2.48 bits per heavy atom. The average molecular weight is 442 g/mol. The van der Waals surface area contributed by atoms with Gasteiger partial charge >= 0.3 is 11.9 Å². The van der Waals surface area contributed by atoms with Gasteiger partial charge in [-0.3, -0.25) is 4.79 Å². The van der Waals surface area contributed by atoms with Crippen molar-refractivity contribution in [3.05, 3.63) is 58.5 Å². The number of fused-ring (bicyclic) bond motifs is 1. The number of benzene rings is 2. The summed E-state index contributed by atoms with van der Waals surface area (Å²) >= 11 is 1.27. The summed E-state index contributed by atoms with van der Waals surface area (Å²) in [6.07, 6.45) is 0. The zero-order valence-corrected chi connectivity index (χ0v) is 18.3. The van der Waals surface area contributed by atoms with Crippen molar-refractivity contribution in [2.45, 2.75) is 20.8 Å². The van der Waals surface area contributed by atoms with Crippen LogP contribution in [0.4, 0.5) is 5.00 Å². The van der Waals surface area contributed by atoms with Crippen LogP contribution in [0.25, 0.3) is 10.8 Å². The third-order valence-electron chi connectivity index (χ3n) is 4.58. The molecule has 31 heavy (non-hydrogen) atoms. The predicted octanol–water partition coefficient (Wildman–Crippen LogP) is 4.26. The van der Waals surface area contributed by atoms with Crippen molar-refractivity contribution in [1.82, 2.24) is 0 Å². The van der Waals surface area contributed by atoms with E-state index < -0.39 is 24.5 Å². The molecule has 8 heteroatoms. The first-order valence-electron chi connectivity index (χ1n) is 9.73. The van der Waals surface area contributed by atoms with Gasteiger partial charge in [0.15, 0.2) is 13.2 Å². The topological polar surface area (TPSA) is 90.9 Å². The Bertz CT molecular complexity index is 1120. The molecule has 2 aromatic carbocycles. The summed E-state index contributed by atoms with van der Waals surface area (Å²) in [5, 5.41) is 4.87. The summed E-state index contributed by atoms with van der Waals surface area (Å²) in [7, 11) is 0. The summed E-state index contributed by atoms with van der Waals surface area (Å²) in [6.45, 7) is 4.77. The number of amides is 1. The number of rotatable bonds is 8. The molecule has 0 spiro atoms. The highest BCUT2D eigenvalue weighted by Gasteiger charge is 2.22. The van der Waals surface area contributed by atoms with E-state index in [0.29, 0.717) is 16.3 Å². The van der Waals surface area contributed by atoms with Gasteiger partial charge in [0, 0.05) is 10.3 Å². The maximum atomic E-state index is 12.2. The Morgan fingerprint density at radius 1 is 0.968 bits per heavy atom. The van der Waals surface area contributed by atoms with Crippen LogP contribution >= 0.6 is 11.3 Å². The Balaban J connectivity index is 1.55. The highest BCUT2D eigenvalue weighted by atomic mass is 32.1. The van der Waals surface area contributed by atoms with Gasteiger partial charge in [-0.25, -0.2) is 9.59 Å². The number of anilines is 1. The number of esters is 2. The van der Waals surface area contributed by atoms with E-state index in [9.17, 15) is 14.4 Å². The fourth-order valence-corrected chi connectivity index (χ4v) is 4.04. The van der Waals surface area contributed by atoms with E-state index in [0.717, 1.165) is 21.2 Å². The summed E-state index contributed by atoms with van der Waals surface area (Å²) in [6, 6.07) is 13.2. The zero-order chi connectivity index (χ0) is 22.4. The molecule has 1 amide bonds. The Labute approximate surface area is 183 Å². The number of carbonyl (C=O) groups is 3. The van der Waals surface area contributed by atoms with Crippen LogP contribution in [0, 0.1) is 13.8 Å². The molecule has 1 aromatic heterocycles. The molecular weight excluding hydrogens is 418 g/mol. The smallest absolute Gasteiger partial charge is 0.344 e. The van der Waals surface area contributed by atoms with Gasteiger partial charge in [0.1, 0.15) is 10.8 Å².